The summed E-state index contributed by atoms with van der Waals surface area (Å²) in [5.41, 5.74) is 6.54. The fourth-order valence-electron chi connectivity index (χ4n) is 2.19. The summed E-state index contributed by atoms with van der Waals surface area (Å²) in [4.78, 5) is 12.7. The molecule has 0 spiro atoms. The maximum Gasteiger partial charge on any atom is 0.155 e. The molecular weight excluding hydrogens is 202 g/mol. The van der Waals surface area contributed by atoms with Gasteiger partial charge in [0.15, 0.2) is 5.82 Å². The van der Waals surface area contributed by atoms with E-state index in [0.717, 1.165) is 31.7 Å². The van der Waals surface area contributed by atoms with Crippen molar-refractivity contribution in [2.75, 3.05) is 37.8 Å². The molecule has 0 amide bonds. The Bertz CT molecular complexity index is 344. The molecule has 1 fully saturated rings. The van der Waals surface area contributed by atoms with Gasteiger partial charge in [0.2, 0.25) is 0 Å². The summed E-state index contributed by atoms with van der Waals surface area (Å²) in [7, 11) is 4.28. The molecule has 0 unspecified atom stereocenters. The van der Waals surface area contributed by atoms with Gasteiger partial charge in [-0.2, -0.15) is 0 Å². The third-order valence-corrected chi connectivity index (χ3v) is 3.21. The molecule has 1 saturated heterocycles. The fraction of sp³-hybridized carbons (Fsp3) is 0.636. The van der Waals surface area contributed by atoms with Crippen LogP contribution in [0.3, 0.4) is 0 Å². The van der Waals surface area contributed by atoms with E-state index >= 15 is 0 Å². The number of piperidine rings is 1. The molecule has 88 valence electrons. The maximum atomic E-state index is 5.87. The molecule has 2 rings (SSSR count). The minimum Gasteiger partial charge on any atom is -0.394 e. The lowest BCUT2D eigenvalue weighted by Crippen LogP contribution is -2.42. The van der Waals surface area contributed by atoms with Crippen LogP contribution in [0.1, 0.15) is 12.8 Å². The Balaban J connectivity index is 2.02. The van der Waals surface area contributed by atoms with Gasteiger partial charge in [-0.3, -0.25) is 0 Å². The van der Waals surface area contributed by atoms with Gasteiger partial charge in [0, 0.05) is 19.1 Å². The van der Waals surface area contributed by atoms with Crippen LogP contribution in [-0.4, -0.2) is 48.1 Å². The van der Waals surface area contributed by atoms with Crippen molar-refractivity contribution in [1.82, 2.24) is 14.9 Å². The van der Waals surface area contributed by atoms with Gasteiger partial charge >= 0.3 is 0 Å². The van der Waals surface area contributed by atoms with Crippen LogP contribution in [0.15, 0.2) is 12.5 Å². The largest absolute Gasteiger partial charge is 0.394 e. The van der Waals surface area contributed by atoms with E-state index in [9.17, 15) is 0 Å². The van der Waals surface area contributed by atoms with Crippen LogP contribution < -0.4 is 10.6 Å². The highest BCUT2D eigenvalue weighted by Gasteiger charge is 2.22. The second kappa shape index (κ2) is 4.65. The third kappa shape index (κ3) is 2.24. The fourth-order valence-corrected chi connectivity index (χ4v) is 2.19. The Morgan fingerprint density at radius 3 is 2.62 bits per heavy atom. The van der Waals surface area contributed by atoms with E-state index in [4.69, 9.17) is 5.73 Å². The lowest BCUT2D eigenvalue weighted by molar-refractivity contribution is 0.249. The van der Waals surface area contributed by atoms with Gasteiger partial charge in [-0.15, -0.1) is 0 Å². The summed E-state index contributed by atoms with van der Waals surface area (Å²) < 4.78 is 0. The van der Waals surface area contributed by atoms with E-state index in [1.165, 1.54) is 0 Å². The van der Waals surface area contributed by atoms with Gasteiger partial charge in [0.05, 0.1) is 11.9 Å². The van der Waals surface area contributed by atoms with Crippen molar-refractivity contribution >= 4 is 11.5 Å². The topological polar surface area (TPSA) is 58.3 Å². The molecule has 2 N–H and O–H groups in total. The van der Waals surface area contributed by atoms with Gasteiger partial charge in [-0.05, 0) is 26.9 Å². The van der Waals surface area contributed by atoms with Gasteiger partial charge < -0.3 is 15.5 Å². The van der Waals surface area contributed by atoms with Crippen molar-refractivity contribution < 1.29 is 0 Å². The molecule has 1 aliphatic rings. The molecule has 5 heteroatoms. The van der Waals surface area contributed by atoms with E-state index < -0.39 is 0 Å². The van der Waals surface area contributed by atoms with Crippen molar-refractivity contribution in [2.24, 2.45) is 0 Å². The smallest absolute Gasteiger partial charge is 0.155 e. The normalized spacial score (nSPS) is 18.1. The second-order valence-corrected chi connectivity index (χ2v) is 4.48. The first-order valence-electron chi connectivity index (χ1n) is 5.65. The Labute approximate surface area is 96.3 Å². The highest BCUT2D eigenvalue weighted by molar-refractivity contribution is 5.61. The summed E-state index contributed by atoms with van der Waals surface area (Å²) in [6.07, 6.45) is 5.55. The molecule has 0 aromatic carbocycles. The van der Waals surface area contributed by atoms with E-state index in [1.807, 2.05) is 0 Å². The number of hydrogen-bond donors (Lipinski definition) is 1. The molecule has 1 aromatic heterocycles. The molecule has 16 heavy (non-hydrogen) atoms. The summed E-state index contributed by atoms with van der Waals surface area (Å²) in [6.45, 7) is 2.04. The van der Waals surface area contributed by atoms with Crippen LogP contribution in [-0.2, 0) is 0 Å². The standard InChI is InChI=1S/C11H19N5/c1-15(2)9-3-5-16(6-4-9)11-10(12)7-13-8-14-11/h7-9H,3-6,12H2,1-2H3. The number of nitrogens with zero attached hydrogens (tertiary/aromatic N) is 4. The number of rotatable bonds is 2. The average Bonchev–Trinajstić information content (AvgIpc) is 2.30. The lowest BCUT2D eigenvalue weighted by Gasteiger charge is -2.36. The zero-order chi connectivity index (χ0) is 11.5. The van der Waals surface area contributed by atoms with E-state index in [0.29, 0.717) is 11.7 Å². The van der Waals surface area contributed by atoms with Crippen molar-refractivity contribution in [3.8, 4) is 0 Å². The number of hydrogen-bond acceptors (Lipinski definition) is 5. The molecule has 0 atom stereocenters. The minimum absolute atomic E-state index is 0.672. The van der Waals surface area contributed by atoms with Crippen LogP contribution in [0.2, 0.25) is 0 Å². The lowest BCUT2D eigenvalue weighted by atomic mass is 10.0. The van der Waals surface area contributed by atoms with E-state index in [-0.39, 0.29) is 0 Å². The van der Waals surface area contributed by atoms with Crippen molar-refractivity contribution in [2.45, 2.75) is 18.9 Å². The average molecular weight is 221 g/mol. The van der Waals surface area contributed by atoms with Crippen LogP contribution >= 0.6 is 0 Å². The Morgan fingerprint density at radius 2 is 2.06 bits per heavy atom. The minimum atomic E-state index is 0.672. The van der Waals surface area contributed by atoms with Crippen molar-refractivity contribution in [3.05, 3.63) is 12.5 Å². The van der Waals surface area contributed by atoms with Crippen LogP contribution in [0.5, 0.6) is 0 Å². The number of aromatic nitrogens is 2. The first-order chi connectivity index (χ1) is 7.68. The number of anilines is 2. The monoisotopic (exact) mass is 221 g/mol. The van der Waals surface area contributed by atoms with Gasteiger partial charge in [0.25, 0.3) is 0 Å². The predicted octanol–water partition coefficient (Wildman–Crippen LogP) is 0.589. The molecule has 1 aromatic rings. The van der Waals surface area contributed by atoms with Crippen LogP contribution in [0.25, 0.3) is 0 Å². The quantitative estimate of drug-likeness (QED) is 0.792. The highest BCUT2D eigenvalue weighted by Crippen LogP contribution is 2.23. The summed E-state index contributed by atoms with van der Waals surface area (Å²) in [5.74, 6) is 0.882. The summed E-state index contributed by atoms with van der Waals surface area (Å²) >= 11 is 0. The SMILES string of the molecule is CN(C)C1CCN(c2ncncc2N)CC1. The third-order valence-electron chi connectivity index (χ3n) is 3.21. The van der Waals surface area contributed by atoms with Crippen LogP contribution in [0, 0.1) is 0 Å². The molecular formula is C11H19N5. The molecule has 0 bridgehead atoms. The first kappa shape index (κ1) is 11.1. The van der Waals surface area contributed by atoms with Crippen molar-refractivity contribution in [3.63, 3.8) is 0 Å². The second-order valence-electron chi connectivity index (χ2n) is 4.48. The molecule has 0 saturated carbocycles. The van der Waals surface area contributed by atoms with Crippen molar-refractivity contribution in [1.29, 1.82) is 0 Å². The first-order valence-corrected chi connectivity index (χ1v) is 5.65. The van der Waals surface area contributed by atoms with E-state index in [2.05, 4.69) is 33.9 Å². The summed E-state index contributed by atoms with van der Waals surface area (Å²) in [5, 5.41) is 0. The maximum absolute atomic E-state index is 5.87. The Kier molecular flexibility index (Phi) is 3.24. The highest BCUT2D eigenvalue weighted by atomic mass is 15.2. The molecule has 5 nitrogen and oxygen atoms in total. The molecule has 0 radical (unpaired) electrons. The molecule has 1 aliphatic heterocycles. The molecule has 2 heterocycles. The van der Waals surface area contributed by atoms with Gasteiger partial charge in [-0.1, -0.05) is 0 Å². The zero-order valence-electron chi connectivity index (χ0n) is 9.93. The van der Waals surface area contributed by atoms with Gasteiger partial charge in [0.1, 0.15) is 6.33 Å². The number of nitrogen functional groups attached to an aromatic ring is 1. The Hall–Kier alpha value is -1.36. The summed E-state index contributed by atoms with van der Waals surface area (Å²) in [6, 6.07) is 0.680. The van der Waals surface area contributed by atoms with Gasteiger partial charge in [-0.25, -0.2) is 9.97 Å². The number of nitrogens with two attached hydrogens (primary N) is 1. The molecule has 0 aliphatic carbocycles. The Morgan fingerprint density at radius 1 is 1.38 bits per heavy atom. The predicted molar refractivity (Wildman–Crippen MR) is 65.4 cm³/mol. The van der Waals surface area contributed by atoms with E-state index in [1.54, 1.807) is 12.5 Å². The zero-order valence-corrected chi connectivity index (χ0v) is 9.93. The van der Waals surface area contributed by atoms with Crippen LogP contribution in [0.4, 0.5) is 11.5 Å².